The average molecular weight is 277 g/mol. The van der Waals surface area contributed by atoms with Crippen LogP contribution in [0.25, 0.3) is 11.0 Å². The highest BCUT2D eigenvalue weighted by Gasteiger charge is 2.33. The van der Waals surface area contributed by atoms with E-state index in [-0.39, 0.29) is 0 Å². The summed E-state index contributed by atoms with van der Waals surface area (Å²) in [6.45, 7) is 6.86. The highest BCUT2D eigenvalue weighted by Crippen LogP contribution is 2.42. The molecule has 1 aliphatic carbocycles. The van der Waals surface area contributed by atoms with Gasteiger partial charge in [0.2, 0.25) is 0 Å². The van der Waals surface area contributed by atoms with Gasteiger partial charge in [-0.3, -0.25) is 0 Å². The monoisotopic (exact) mass is 276 g/mol. The van der Waals surface area contributed by atoms with E-state index in [9.17, 15) is 0 Å². The Hall–Kier alpha value is -1.02. The quantitative estimate of drug-likeness (QED) is 0.728. The number of aromatic nitrogens is 2. The maximum Gasteiger partial charge on any atom is 0.125 e. The van der Waals surface area contributed by atoms with Crippen LogP contribution in [-0.2, 0) is 5.88 Å². The lowest BCUT2D eigenvalue weighted by Gasteiger charge is -2.22. The van der Waals surface area contributed by atoms with Gasteiger partial charge in [0.25, 0.3) is 0 Å². The summed E-state index contributed by atoms with van der Waals surface area (Å²) in [6.07, 6.45) is 2.55. The van der Waals surface area contributed by atoms with Gasteiger partial charge in [0, 0.05) is 6.04 Å². The summed E-state index contributed by atoms with van der Waals surface area (Å²) < 4.78 is 2.41. The zero-order valence-corrected chi connectivity index (χ0v) is 12.6. The van der Waals surface area contributed by atoms with Crippen LogP contribution in [0.4, 0.5) is 0 Å². The van der Waals surface area contributed by atoms with Crippen molar-refractivity contribution in [3.63, 3.8) is 0 Å². The third-order valence-electron chi connectivity index (χ3n) is 4.79. The van der Waals surface area contributed by atoms with E-state index in [0.29, 0.717) is 17.8 Å². The molecule has 3 rings (SSSR count). The van der Waals surface area contributed by atoms with Crippen molar-refractivity contribution in [2.45, 2.75) is 45.5 Å². The number of imidazole rings is 1. The van der Waals surface area contributed by atoms with Crippen LogP contribution in [0, 0.1) is 18.8 Å². The van der Waals surface area contributed by atoms with Crippen molar-refractivity contribution in [1.29, 1.82) is 0 Å². The molecular weight excluding hydrogens is 256 g/mol. The zero-order valence-electron chi connectivity index (χ0n) is 11.9. The second-order valence-electron chi connectivity index (χ2n) is 6.00. The fourth-order valence-corrected chi connectivity index (χ4v) is 3.61. The van der Waals surface area contributed by atoms with Crippen molar-refractivity contribution >= 4 is 22.6 Å². The Labute approximate surface area is 119 Å². The minimum absolute atomic E-state index is 0.491. The van der Waals surface area contributed by atoms with Crippen LogP contribution in [0.1, 0.15) is 44.1 Å². The lowest BCUT2D eigenvalue weighted by Crippen LogP contribution is -2.16. The number of benzene rings is 1. The Morgan fingerprint density at radius 3 is 2.74 bits per heavy atom. The van der Waals surface area contributed by atoms with E-state index in [1.807, 2.05) is 0 Å². The Morgan fingerprint density at radius 2 is 2.11 bits per heavy atom. The van der Waals surface area contributed by atoms with Gasteiger partial charge in [0.15, 0.2) is 0 Å². The summed E-state index contributed by atoms with van der Waals surface area (Å²) in [5.41, 5.74) is 3.61. The van der Waals surface area contributed by atoms with Gasteiger partial charge in [-0.1, -0.05) is 19.9 Å². The molecule has 0 radical (unpaired) electrons. The second-order valence-corrected chi connectivity index (χ2v) is 6.27. The largest absolute Gasteiger partial charge is 0.324 e. The number of halogens is 1. The SMILES string of the molecule is Cc1ccc2nc(CCl)n(C3CCC(C)C3C)c2c1. The number of aryl methyl sites for hydroxylation is 1. The van der Waals surface area contributed by atoms with Crippen molar-refractivity contribution in [3.8, 4) is 0 Å². The molecule has 3 heteroatoms. The molecule has 1 aromatic carbocycles. The first kappa shape index (κ1) is 13.0. The van der Waals surface area contributed by atoms with Gasteiger partial charge in [-0.25, -0.2) is 4.98 Å². The molecule has 19 heavy (non-hydrogen) atoms. The van der Waals surface area contributed by atoms with Crippen LogP contribution in [0.3, 0.4) is 0 Å². The Morgan fingerprint density at radius 1 is 1.32 bits per heavy atom. The third kappa shape index (κ3) is 2.06. The van der Waals surface area contributed by atoms with E-state index in [0.717, 1.165) is 17.3 Å². The molecule has 0 N–H and O–H groups in total. The molecule has 2 aromatic rings. The standard InChI is InChI=1S/C16H21ClN2/c1-10-4-6-13-15(8-10)19(16(9-17)18-13)14-7-5-11(2)12(14)3/h4,6,8,11-12,14H,5,7,9H2,1-3H3. The molecule has 1 aliphatic rings. The van der Waals surface area contributed by atoms with Crippen molar-refractivity contribution in [1.82, 2.24) is 9.55 Å². The molecule has 0 spiro atoms. The number of hydrogen-bond donors (Lipinski definition) is 0. The summed E-state index contributed by atoms with van der Waals surface area (Å²) >= 11 is 6.12. The molecule has 1 aromatic heterocycles. The summed E-state index contributed by atoms with van der Waals surface area (Å²) in [4.78, 5) is 4.71. The number of alkyl halides is 1. The Kier molecular flexibility index (Phi) is 3.30. The van der Waals surface area contributed by atoms with Crippen LogP contribution in [-0.4, -0.2) is 9.55 Å². The molecular formula is C16H21ClN2. The van der Waals surface area contributed by atoms with Crippen LogP contribution >= 0.6 is 11.6 Å². The highest BCUT2D eigenvalue weighted by atomic mass is 35.5. The van der Waals surface area contributed by atoms with Crippen molar-refractivity contribution in [2.75, 3.05) is 0 Å². The van der Waals surface area contributed by atoms with Gasteiger partial charge in [0.05, 0.1) is 16.9 Å². The van der Waals surface area contributed by atoms with E-state index >= 15 is 0 Å². The first-order chi connectivity index (χ1) is 9.11. The summed E-state index contributed by atoms with van der Waals surface area (Å²) in [7, 11) is 0. The van der Waals surface area contributed by atoms with Crippen molar-refractivity contribution in [3.05, 3.63) is 29.6 Å². The number of nitrogens with zero attached hydrogens (tertiary/aromatic N) is 2. The average Bonchev–Trinajstić information content (AvgIpc) is 2.91. The second kappa shape index (κ2) is 4.82. The highest BCUT2D eigenvalue weighted by molar-refractivity contribution is 6.16. The molecule has 0 saturated heterocycles. The fraction of sp³-hybridized carbons (Fsp3) is 0.562. The fourth-order valence-electron chi connectivity index (χ4n) is 3.42. The predicted octanol–water partition coefficient (Wildman–Crippen LogP) is 4.69. The normalized spacial score (nSPS) is 27.3. The van der Waals surface area contributed by atoms with Gasteiger partial charge in [0.1, 0.15) is 5.82 Å². The molecule has 0 amide bonds. The van der Waals surface area contributed by atoms with Gasteiger partial charge in [-0.2, -0.15) is 0 Å². The van der Waals surface area contributed by atoms with E-state index in [2.05, 4.69) is 43.5 Å². The van der Waals surface area contributed by atoms with Crippen molar-refractivity contribution in [2.24, 2.45) is 11.8 Å². The Bertz CT molecular complexity index is 602. The van der Waals surface area contributed by atoms with E-state index in [4.69, 9.17) is 16.6 Å². The predicted molar refractivity (Wildman–Crippen MR) is 80.6 cm³/mol. The van der Waals surface area contributed by atoms with E-state index in [1.165, 1.54) is 23.9 Å². The topological polar surface area (TPSA) is 17.8 Å². The minimum atomic E-state index is 0.491. The summed E-state index contributed by atoms with van der Waals surface area (Å²) in [5.74, 6) is 2.99. The molecule has 3 atom stereocenters. The molecule has 1 heterocycles. The molecule has 1 saturated carbocycles. The first-order valence-corrected chi connectivity index (χ1v) is 7.68. The third-order valence-corrected chi connectivity index (χ3v) is 5.03. The minimum Gasteiger partial charge on any atom is -0.324 e. The van der Waals surface area contributed by atoms with Gasteiger partial charge >= 0.3 is 0 Å². The van der Waals surface area contributed by atoms with Crippen LogP contribution in [0.15, 0.2) is 18.2 Å². The van der Waals surface area contributed by atoms with Gasteiger partial charge in [-0.05, 0) is 49.3 Å². The first-order valence-electron chi connectivity index (χ1n) is 7.15. The van der Waals surface area contributed by atoms with Crippen molar-refractivity contribution < 1.29 is 0 Å². The lowest BCUT2D eigenvalue weighted by molar-refractivity contribution is 0.354. The lowest BCUT2D eigenvalue weighted by atomic mass is 9.97. The maximum absolute atomic E-state index is 6.12. The van der Waals surface area contributed by atoms with Gasteiger partial charge < -0.3 is 4.57 Å². The molecule has 0 bridgehead atoms. The van der Waals surface area contributed by atoms with Crippen LogP contribution in [0.2, 0.25) is 0 Å². The van der Waals surface area contributed by atoms with Crippen LogP contribution < -0.4 is 0 Å². The number of hydrogen-bond acceptors (Lipinski definition) is 1. The number of rotatable bonds is 2. The number of fused-ring (bicyclic) bond motifs is 1. The molecule has 3 unspecified atom stereocenters. The van der Waals surface area contributed by atoms with Gasteiger partial charge in [-0.15, -0.1) is 11.6 Å². The molecule has 102 valence electrons. The zero-order chi connectivity index (χ0) is 13.6. The molecule has 1 fully saturated rings. The Balaban J connectivity index is 2.18. The van der Waals surface area contributed by atoms with Crippen LogP contribution in [0.5, 0.6) is 0 Å². The smallest absolute Gasteiger partial charge is 0.125 e. The summed E-state index contributed by atoms with van der Waals surface area (Å²) in [6, 6.07) is 7.03. The van der Waals surface area contributed by atoms with E-state index < -0.39 is 0 Å². The van der Waals surface area contributed by atoms with E-state index in [1.54, 1.807) is 0 Å². The molecule has 0 aliphatic heterocycles. The maximum atomic E-state index is 6.12. The summed E-state index contributed by atoms with van der Waals surface area (Å²) in [5, 5.41) is 0. The molecule has 2 nitrogen and oxygen atoms in total.